The Morgan fingerprint density at radius 1 is 1.50 bits per heavy atom. The van der Waals surface area contributed by atoms with Crippen LogP contribution in [0.2, 0.25) is 0 Å². The standard InChI is InChI=1S/C12H12BrNOS/c1-9-7-10(13)8-14(12(9)15)5-4-11-3-2-6-16-11/h2-3,6-8H,4-5H2,1H3. The molecule has 0 aliphatic heterocycles. The molecule has 4 heteroatoms. The maximum Gasteiger partial charge on any atom is 0.253 e. The first-order chi connectivity index (χ1) is 7.66. The predicted octanol–water partition coefficient (Wildman–Crippen LogP) is 3.22. The smallest absolute Gasteiger partial charge is 0.253 e. The minimum atomic E-state index is 0.0970. The van der Waals surface area contributed by atoms with E-state index < -0.39 is 0 Å². The first-order valence-corrected chi connectivity index (χ1v) is 6.73. The van der Waals surface area contributed by atoms with Gasteiger partial charge in [-0.2, -0.15) is 0 Å². The van der Waals surface area contributed by atoms with Crippen molar-refractivity contribution in [3.63, 3.8) is 0 Å². The van der Waals surface area contributed by atoms with Crippen molar-refractivity contribution in [1.82, 2.24) is 4.57 Å². The summed E-state index contributed by atoms with van der Waals surface area (Å²) in [6, 6.07) is 5.99. The Morgan fingerprint density at radius 2 is 2.31 bits per heavy atom. The SMILES string of the molecule is Cc1cc(Br)cn(CCc2cccs2)c1=O. The quantitative estimate of drug-likeness (QED) is 0.853. The highest BCUT2D eigenvalue weighted by atomic mass is 79.9. The van der Waals surface area contributed by atoms with Gasteiger partial charge in [-0.1, -0.05) is 6.07 Å². The van der Waals surface area contributed by atoms with Crippen LogP contribution in [0, 0.1) is 6.92 Å². The molecule has 84 valence electrons. The molecule has 2 aromatic rings. The van der Waals surface area contributed by atoms with E-state index >= 15 is 0 Å². The third-order valence-electron chi connectivity index (χ3n) is 2.41. The number of halogens is 1. The number of nitrogens with zero attached hydrogens (tertiary/aromatic N) is 1. The van der Waals surface area contributed by atoms with Crippen LogP contribution >= 0.6 is 27.3 Å². The molecule has 2 aromatic heterocycles. The lowest BCUT2D eigenvalue weighted by atomic mass is 10.3. The second-order valence-corrected chi connectivity index (χ2v) is 5.62. The highest BCUT2D eigenvalue weighted by molar-refractivity contribution is 9.10. The summed E-state index contributed by atoms with van der Waals surface area (Å²) >= 11 is 5.14. The normalized spacial score (nSPS) is 10.6. The van der Waals surface area contributed by atoms with E-state index in [0.29, 0.717) is 0 Å². The minimum Gasteiger partial charge on any atom is -0.314 e. The van der Waals surface area contributed by atoms with Crippen molar-refractivity contribution in [3.8, 4) is 0 Å². The molecule has 0 fully saturated rings. The van der Waals surface area contributed by atoms with Gasteiger partial charge in [0, 0.05) is 27.7 Å². The van der Waals surface area contributed by atoms with Crippen LogP contribution in [0.3, 0.4) is 0 Å². The Balaban J connectivity index is 2.18. The molecule has 0 unspecified atom stereocenters. The number of thiophene rings is 1. The van der Waals surface area contributed by atoms with Crippen LogP contribution in [-0.4, -0.2) is 4.57 Å². The lowest BCUT2D eigenvalue weighted by Gasteiger charge is -2.06. The van der Waals surface area contributed by atoms with Crippen molar-refractivity contribution < 1.29 is 0 Å². The second kappa shape index (κ2) is 4.97. The fraction of sp³-hybridized carbons (Fsp3) is 0.250. The number of pyridine rings is 1. The minimum absolute atomic E-state index is 0.0970. The Labute approximate surface area is 107 Å². The van der Waals surface area contributed by atoms with Gasteiger partial charge in [0.1, 0.15) is 0 Å². The molecule has 2 nitrogen and oxygen atoms in total. The van der Waals surface area contributed by atoms with Gasteiger partial charge >= 0.3 is 0 Å². The van der Waals surface area contributed by atoms with Crippen molar-refractivity contribution in [1.29, 1.82) is 0 Å². The molecule has 2 heterocycles. The number of aryl methyl sites for hydroxylation is 3. The lowest BCUT2D eigenvalue weighted by Crippen LogP contribution is -2.22. The Bertz CT molecular complexity index is 530. The Hall–Kier alpha value is -0.870. The molecule has 0 radical (unpaired) electrons. The van der Waals surface area contributed by atoms with E-state index in [1.807, 2.05) is 25.3 Å². The third-order valence-corrected chi connectivity index (χ3v) is 3.78. The molecule has 0 N–H and O–H groups in total. The molecule has 16 heavy (non-hydrogen) atoms. The van der Waals surface area contributed by atoms with Crippen LogP contribution in [0.5, 0.6) is 0 Å². The van der Waals surface area contributed by atoms with Gasteiger partial charge in [-0.3, -0.25) is 4.79 Å². The lowest BCUT2D eigenvalue weighted by molar-refractivity contribution is 0.668. The fourth-order valence-corrected chi connectivity index (χ4v) is 2.88. The van der Waals surface area contributed by atoms with Crippen LogP contribution < -0.4 is 5.56 Å². The average Bonchev–Trinajstić information content (AvgIpc) is 2.74. The van der Waals surface area contributed by atoms with Gasteiger partial charge < -0.3 is 4.57 Å². The summed E-state index contributed by atoms with van der Waals surface area (Å²) in [5.74, 6) is 0. The van der Waals surface area contributed by atoms with Crippen molar-refractivity contribution in [2.24, 2.45) is 0 Å². The topological polar surface area (TPSA) is 22.0 Å². The third kappa shape index (κ3) is 2.62. The van der Waals surface area contributed by atoms with Crippen molar-refractivity contribution >= 4 is 27.3 Å². The molecule has 0 saturated carbocycles. The number of hydrogen-bond donors (Lipinski definition) is 0. The Kier molecular flexibility index (Phi) is 3.61. The van der Waals surface area contributed by atoms with Gasteiger partial charge in [-0.15, -0.1) is 11.3 Å². The van der Waals surface area contributed by atoms with E-state index in [4.69, 9.17) is 0 Å². The first-order valence-electron chi connectivity index (χ1n) is 5.06. The molecule has 0 aromatic carbocycles. The van der Waals surface area contributed by atoms with Gasteiger partial charge in [0.25, 0.3) is 5.56 Å². The molecule has 0 spiro atoms. The summed E-state index contributed by atoms with van der Waals surface area (Å²) in [7, 11) is 0. The maximum absolute atomic E-state index is 11.8. The highest BCUT2D eigenvalue weighted by Crippen LogP contribution is 2.11. The molecule has 0 aliphatic rings. The van der Waals surface area contributed by atoms with Crippen LogP contribution in [0.25, 0.3) is 0 Å². The van der Waals surface area contributed by atoms with E-state index in [2.05, 4.69) is 27.4 Å². The van der Waals surface area contributed by atoms with E-state index in [1.54, 1.807) is 15.9 Å². The summed E-state index contributed by atoms with van der Waals surface area (Å²) < 4.78 is 2.72. The van der Waals surface area contributed by atoms with Crippen molar-refractivity contribution in [2.75, 3.05) is 0 Å². The summed E-state index contributed by atoms with van der Waals surface area (Å²) in [5.41, 5.74) is 0.875. The molecule has 0 amide bonds. The summed E-state index contributed by atoms with van der Waals surface area (Å²) in [6.45, 7) is 2.58. The van der Waals surface area contributed by atoms with Gasteiger partial charge in [-0.25, -0.2) is 0 Å². The molecular weight excluding hydrogens is 286 g/mol. The Morgan fingerprint density at radius 3 is 3.00 bits per heavy atom. The molecule has 0 aliphatic carbocycles. The van der Waals surface area contributed by atoms with Gasteiger partial charge in [0.15, 0.2) is 0 Å². The largest absolute Gasteiger partial charge is 0.314 e. The average molecular weight is 298 g/mol. The van der Waals surface area contributed by atoms with Crippen molar-refractivity contribution in [3.05, 3.63) is 55.0 Å². The molecular formula is C12H12BrNOS. The zero-order valence-corrected chi connectivity index (χ0v) is 11.3. The van der Waals surface area contributed by atoms with Crippen molar-refractivity contribution in [2.45, 2.75) is 19.9 Å². The van der Waals surface area contributed by atoms with Gasteiger partial charge in [0.05, 0.1) is 0 Å². The number of rotatable bonds is 3. The summed E-state index contributed by atoms with van der Waals surface area (Å²) in [6.07, 6.45) is 2.76. The fourth-order valence-electron chi connectivity index (χ4n) is 1.59. The van der Waals surface area contributed by atoms with Gasteiger partial charge in [-0.05, 0) is 46.8 Å². The van der Waals surface area contributed by atoms with E-state index in [0.717, 1.165) is 23.0 Å². The van der Waals surface area contributed by atoms with Gasteiger partial charge in [0.2, 0.25) is 0 Å². The monoisotopic (exact) mass is 297 g/mol. The number of hydrogen-bond acceptors (Lipinski definition) is 2. The molecule has 0 saturated heterocycles. The molecule has 0 atom stereocenters. The second-order valence-electron chi connectivity index (χ2n) is 3.67. The maximum atomic E-state index is 11.8. The van der Waals surface area contributed by atoms with Crippen LogP contribution in [0.1, 0.15) is 10.4 Å². The van der Waals surface area contributed by atoms with Crippen LogP contribution in [0.15, 0.2) is 39.0 Å². The predicted molar refractivity (Wildman–Crippen MR) is 71.2 cm³/mol. The zero-order chi connectivity index (χ0) is 11.5. The van der Waals surface area contributed by atoms with E-state index in [-0.39, 0.29) is 5.56 Å². The zero-order valence-electron chi connectivity index (χ0n) is 8.94. The number of aromatic nitrogens is 1. The van der Waals surface area contributed by atoms with E-state index in [9.17, 15) is 4.79 Å². The summed E-state index contributed by atoms with van der Waals surface area (Å²) in [4.78, 5) is 13.1. The van der Waals surface area contributed by atoms with Crippen LogP contribution in [0.4, 0.5) is 0 Å². The highest BCUT2D eigenvalue weighted by Gasteiger charge is 2.02. The van der Waals surface area contributed by atoms with E-state index in [1.165, 1.54) is 4.88 Å². The summed E-state index contributed by atoms with van der Waals surface area (Å²) in [5, 5.41) is 2.06. The molecule has 0 bridgehead atoms. The first kappa shape index (κ1) is 11.6. The molecule has 2 rings (SSSR count). The van der Waals surface area contributed by atoms with Crippen LogP contribution in [-0.2, 0) is 13.0 Å².